The van der Waals surface area contributed by atoms with E-state index in [4.69, 9.17) is 5.26 Å². The van der Waals surface area contributed by atoms with Crippen LogP contribution in [0.3, 0.4) is 0 Å². The fourth-order valence-electron chi connectivity index (χ4n) is 1.46. The fourth-order valence-corrected chi connectivity index (χ4v) is 1.46. The SMILES string of the molecule is CN=C(NCc1cccc(C#N)c1)NCC(C)C.I. The smallest absolute Gasteiger partial charge is 0.191 e. The molecular weight excluding hydrogens is 351 g/mol. The molecule has 4 nitrogen and oxygen atoms in total. The van der Waals surface area contributed by atoms with Crippen molar-refractivity contribution in [3.8, 4) is 6.07 Å². The van der Waals surface area contributed by atoms with E-state index in [-0.39, 0.29) is 24.0 Å². The van der Waals surface area contributed by atoms with Crippen LogP contribution >= 0.6 is 24.0 Å². The van der Waals surface area contributed by atoms with Crippen molar-refractivity contribution in [1.29, 1.82) is 5.26 Å². The summed E-state index contributed by atoms with van der Waals surface area (Å²) in [6, 6.07) is 9.69. The second kappa shape index (κ2) is 9.62. The standard InChI is InChI=1S/C14H20N4.HI/c1-11(2)9-17-14(16-3)18-10-13-6-4-5-12(7-13)8-15;/h4-7,11H,9-10H2,1-3H3,(H2,16,17,18);1H. The highest BCUT2D eigenvalue weighted by Gasteiger charge is 2.00. The van der Waals surface area contributed by atoms with Crippen molar-refractivity contribution in [1.82, 2.24) is 10.6 Å². The van der Waals surface area contributed by atoms with Crippen LogP contribution in [0.5, 0.6) is 0 Å². The number of halogens is 1. The molecule has 0 fully saturated rings. The lowest BCUT2D eigenvalue weighted by Gasteiger charge is -2.13. The van der Waals surface area contributed by atoms with Gasteiger partial charge in [-0.05, 0) is 23.6 Å². The number of nitriles is 1. The molecule has 0 aromatic heterocycles. The molecule has 0 amide bonds. The van der Waals surface area contributed by atoms with E-state index in [9.17, 15) is 0 Å². The Morgan fingerprint density at radius 2 is 2.11 bits per heavy atom. The van der Waals surface area contributed by atoms with Crippen LogP contribution < -0.4 is 10.6 Å². The summed E-state index contributed by atoms with van der Waals surface area (Å²) in [5, 5.41) is 15.3. The van der Waals surface area contributed by atoms with Crippen LogP contribution in [-0.2, 0) is 6.54 Å². The summed E-state index contributed by atoms with van der Waals surface area (Å²) in [6.07, 6.45) is 0. The van der Waals surface area contributed by atoms with Gasteiger partial charge in [0, 0.05) is 20.1 Å². The Morgan fingerprint density at radius 1 is 1.37 bits per heavy atom. The van der Waals surface area contributed by atoms with E-state index in [1.54, 1.807) is 13.1 Å². The third-order valence-electron chi connectivity index (χ3n) is 2.42. The van der Waals surface area contributed by atoms with Gasteiger partial charge in [-0.3, -0.25) is 4.99 Å². The monoisotopic (exact) mass is 372 g/mol. The first-order chi connectivity index (χ1) is 8.65. The Labute approximate surface area is 132 Å². The van der Waals surface area contributed by atoms with Crippen molar-refractivity contribution in [2.45, 2.75) is 20.4 Å². The van der Waals surface area contributed by atoms with Gasteiger partial charge in [-0.2, -0.15) is 5.26 Å². The number of nitrogens with zero attached hydrogens (tertiary/aromatic N) is 2. The Kier molecular flexibility index (Phi) is 8.96. The molecule has 0 aliphatic heterocycles. The van der Waals surface area contributed by atoms with E-state index in [1.807, 2.05) is 18.2 Å². The fraction of sp³-hybridized carbons (Fsp3) is 0.429. The summed E-state index contributed by atoms with van der Waals surface area (Å²) in [6.45, 7) is 5.85. The van der Waals surface area contributed by atoms with E-state index < -0.39 is 0 Å². The van der Waals surface area contributed by atoms with Crippen molar-refractivity contribution < 1.29 is 0 Å². The largest absolute Gasteiger partial charge is 0.356 e. The highest BCUT2D eigenvalue weighted by molar-refractivity contribution is 14.0. The highest BCUT2D eigenvalue weighted by atomic mass is 127. The number of benzene rings is 1. The topological polar surface area (TPSA) is 60.2 Å². The van der Waals surface area contributed by atoms with Crippen LogP contribution in [0, 0.1) is 17.2 Å². The summed E-state index contributed by atoms with van der Waals surface area (Å²) in [5.41, 5.74) is 1.75. The summed E-state index contributed by atoms with van der Waals surface area (Å²) in [7, 11) is 1.75. The van der Waals surface area contributed by atoms with Gasteiger partial charge in [0.1, 0.15) is 0 Å². The molecule has 0 aliphatic rings. The van der Waals surface area contributed by atoms with Crippen molar-refractivity contribution in [2.75, 3.05) is 13.6 Å². The second-order valence-corrected chi connectivity index (χ2v) is 4.51. The van der Waals surface area contributed by atoms with Crippen molar-refractivity contribution in [2.24, 2.45) is 10.9 Å². The average Bonchev–Trinajstić information content (AvgIpc) is 2.39. The Hall–Kier alpha value is -1.29. The van der Waals surface area contributed by atoms with Gasteiger partial charge in [-0.1, -0.05) is 26.0 Å². The summed E-state index contributed by atoms with van der Waals surface area (Å²) >= 11 is 0. The molecule has 0 atom stereocenters. The molecule has 0 unspecified atom stereocenters. The molecule has 2 N–H and O–H groups in total. The first-order valence-electron chi connectivity index (χ1n) is 6.09. The third kappa shape index (κ3) is 7.01. The normalized spacial score (nSPS) is 10.6. The van der Waals surface area contributed by atoms with Gasteiger partial charge in [-0.25, -0.2) is 0 Å². The minimum absolute atomic E-state index is 0. The van der Waals surface area contributed by atoms with E-state index in [2.05, 4.69) is 35.5 Å². The zero-order valence-corrected chi connectivity index (χ0v) is 13.9. The molecule has 104 valence electrons. The number of hydrogen-bond acceptors (Lipinski definition) is 2. The molecule has 0 bridgehead atoms. The van der Waals surface area contributed by atoms with Gasteiger partial charge in [-0.15, -0.1) is 24.0 Å². The Bertz CT molecular complexity index is 449. The van der Waals surface area contributed by atoms with Gasteiger partial charge >= 0.3 is 0 Å². The summed E-state index contributed by atoms with van der Waals surface area (Å²) in [4.78, 5) is 4.15. The predicted molar refractivity (Wildman–Crippen MR) is 89.6 cm³/mol. The molecular formula is C14H21IN4. The lowest BCUT2D eigenvalue weighted by Crippen LogP contribution is -2.38. The van der Waals surface area contributed by atoms with E-state index in [0.717, 1.165) is 18.1 Å². The molecule has 1 aromatic carbocycles. The van der Waals surface area contributed by atoms with Crippen LogP contribution in [0.15, 0.2) is 29.3 Å². The summed E-state index contributed by atoms with van der Waals surface area (Å²) < 4.78 is 0. The maximum absolute atomic E-state index is 8.82. The third-order valence-corrected chi connectivity index (χ3v) is 2.42. The van der Waals surface area contributed by atoms with Crippen molar-refractivity contribution in [3.05, 3.63) is 35.4 Å². The first kappa shape index (κ1) is 17.7. The van der Waals surface area contributed by atoms with Crippen LogP contribution in [-0.4, -0.2) is 19.6 Å². The van der Waals surface area contributed by atoms with Crippen LogP contribution in [0.25, 0.3) is 0 Å². The zero-order chi connectivity index (χ0) is 13.4. The quantitative estimate of drug-likeness (QED) is 0.485. The number of aliphatic imine (C=N–C) groups is 1. The van der Waals surface area contributed by atoms with Gasteiger partial charge in [0.15, 0.2) is 5.96 Å². The highest BCUT2D eigenvalue weighted by Crippen LogP contribution is 2.03. The summed E-state index contributed by atoms with van der Waals surface area (Å²) in [5.74, 6) is 1.36. The van der Waals surface area contributed by atoms with Crippen molar-refractivity contribution >= 4 is 29.9 Å². The number of guanidine groups is 1. The zero-order valence-electron chi connectivity index (χ0n) is 11.6. The van der Waals surface area contributed by atoms with Gasteiger partial charge < -0.3 is 10.6 Å². The maximum atomic E-state index is 8.82. The van der Waals surface area contributed by atoms with Crippen LogP contribution in [0.1, 0.15) is 25.0 Å². The molecule has 0 heterocycles. The van der Waals surface area contributed by atoms with E-state index in [1.165, 1.54) is 0 Å². The first-order valence-corrected chi connectivity index (χ1v) is 6.09. The predicted octanol–water partition coefficient (Wildman–Crippen LogP) is 2.50. The minimum Gasteiger partial charge on any atom is -0.356 e. The Morgan fingerprint density at radius 3 is 2.68 bits per heavy atom. The van der Waals surface area contributed by atoms with Crippen molar-refractivity contribution in [3.63, 3.8) is 0 Å². The van der Waals surface area contributed by atoms with Crippen LogP contribution in [0.2, 0.25) is 0 Å². The Balaban J connectivity index is 0.00000324. The molecule has 0 radical (unpaired) electrons. The van der Waals surface area contributed by atoms with E-state index in [0.29, 0.717) is 18.0 Å². The van der Waals surface area contributed by atoms with Crippen LogP contribution in [0.4, 0.5) is 0 Å². The van der Waals surface area contributed by atoms with Gasteiger partial charge in [0.25, 0.3) is 0 Å². The number of nitrogens with one attached hydrogen (secondary N) is 2. The second-order valence-electron chi connectivity index (χ2n) is 4.51. The minimum atomic E-state index is 0. The molecule has 5 heteroatoms. The average molecular weight is 372 g/mol. The number of hydrogen-bond donors (Lipinski definition) is 2. The van der Waals surface area contributed by atoms with Gasteiger partial charge in [0.05, 0.1) is 11.6 Å². The molecule has 1 aromatic rings. The molecule has 19 heavy (non-hydrogen) atoms. The molecule has 0 saturated heterocycles. The molecule has 0 aliphatic carbocycles. The van der Waals surface area contributed by atoms with E-state index >= 15 is 0 Å². The lowest BCUT2D eigenvalue weighted by atomic mass is 10.1. The van der Waals surface area contributed by atoms with Gasteiger partial charge in [0.2, 0.25) is 0 Å². The molecule has 1 rings (SSSR count). The molecule has 0 saturated carbocycles. The maximum Gasteiger partial charge on any atom is 0.191 e. The lowest BCUT2D eigenvalue weighted by molar-refractivity contribution is 0.614. The molecule has 0 spiro atoms. The number of rotatable bonds is 4.